The van der Waals surface area contributed by atoms with Gasteiger partial charge >= 0.3 is 0 Å². The van der Waals surface area contributed by atoms with Crippen LogP contribution in [0, 0.1) is 5.82 Å². The van der Waals surface area contributed by atoms with Crippen molar-refractivity contribution in [1.29, 1.82) is 0 Å². The summed E-state index contributed by atoms with van der Waals surface area (Å²) in [5.74, 6) is -0.0316. The van der Waals surface area contributed by atoms with Gasteiger partial charge in [-0.1, -0.05) is 20.8 Å². The number of carbonyl (C=O) groups is 1. The summed E-state index contributed by atoms with van der Waals surface area (Å²) in [5, 5.41) is 0.0134. The van der Waals surface area contributed by atoms with Crippen molar-refractivity contribution < 1.29 is 13.6 Å². The predicted molar refractivity (Wildman–Crippen MR) is 69.6 cm³/mol. The molecular formula is C13H19FO2Si. The van der Waals surface area contributed by atoms with E-state index in [1.165, 1.54) is 18.2 Å². The van der Waals surface area contributed by atoms with E-state index < -0.39 is 8.32 Å². The van der Waals surface area contributed by atoms with Crippen LogP contribution in [0.15, 0.2) is 18.2 Å². The van der Waals surface area contributed by atoms with Crippen molar-refractivity contribution in [3.05, 3.63) is 29.6 Å². The SMILES string of the molecule is CC(C)(C)[Si](C)(C)Oc1cc(F)ccc1C=O. The average Bonchev–Trinajstić information content (AvgIpc) is 2.15. The average molecular weight is 254 g/mol. The van der Waals surface area contributed by atoms with Gasteiger partial charge in [-0.2, -0.15) is 0 Å². The van der Waals surface area contributed by atoms with Gasteiger partial charge < -0.3 is 4.43 Å². The molecule has 2 nitrogen and oxygen atoms in total. The lowest BCUT2D eigenvalue weighted by molar-refractivity contribution is 0.112. The molecule has 0 radical (unpaired) electrons. The predicted octanol–water partition coefficient (Wildman–Crippen LogP) is 4.02. The molecule has 0 atom stereocenters. The zero-order chi connectivity index (χ0) is 13.3. The van der Waals surface area contributed by atoms with E-state index in [0.717, 1.165) is 0 Å². The molecule has 0 fully saturated rings. The molecule has 4 heteroatoms. The topological polar surface area (TPSA) is 26.3 Å². The standard InChI is InChI=1S/C13H19FO2Si/c1-13(2,3)17(4,5)16-12-8-11(14)7-6-10(12)9-15/h6-9H,1-5H3. The maximum absolute atomic E-state index is 13.2. The molecule has 0 saturated heterocycles. The highest BCUT2D eigenvalue weighted by Crippen LogP contribution is 2.38. The molecule has 1 aromatic carbocycles. The largest absolute Gasteiger partial charge is 0.543 e. The van der Waals surface area contributed by atoms with E-state index in [1.54, 1.807) is 0 Å². The Morgan fingerprint density at radius 3 is 2.35 bits per heavy atom. The minimum Gasteiger partial charge on any atom is -0.543 e. The van der Waals surface area contributed by atoms with Gasteiger partial charge in [0.2, 0.25) is 0 Å². The van der Waals surface area contributed by atoms with E-state index in [2.05, 4.69) is 33.9 Å². The van der Waals surface area contributed by atoms with Crippen LogP contribution in [0.25, 0.3) is 0 Å². The van der Waals surface area contributed by atoms with Crippen LogP contribution >= 0.6 is 0 Å². The van der Waals surface area contributed by atoms with Gasteiger partial charge in [0, 0.05) is 6.07 Å². The highest BCUT2D eigenvalue weighted by atomic mass is 28.4. The van der Waals surface area contributed by atoms with Gasteiger partial charge in [0.15, 0.2) is 6.29 Å². The highest BCUT2D eigenvalue weighted by molar-refractivity contribution is 6.74. The zero-order valence-corrected chi connectivity index (χ0v) is 12.0. The smallest absolute Gasteiger partial charge is 0.250 e. The second-order valence-corrected chi connectivity index (χ2v) is 10.4. The van der Waals surface area contributed by atoms with Gasteiger partial charge in [-0.05, 0) is 30.3 Å². The maximum Gasteiger partial charge on any atom is 0.250 e. The Balaban J connectivity index is 3.10. The van der Waals surface area contributed by atoms with Gasteiger partial charge in [-0.25, -0.2) is 4.39 Å². The summed E-state index contributed by atoms with van der Waals surface area (Å²) < 4.78 is 19.1. The molecule has 94 valence electrons. The molecule has 0 spiro atoms. The summed E-state index contributed by atoms with van der Waals surface area (Å²) in [6.45, 7) is 10.4. The van der Waals surface area contributed by atoms with Crippen molar-refractivity contribution >= 4 is 14.6 Å². The number of aldehydes is 1. The summed E-state index contributed by atoms with van der Waals surface area (Å²) in [5.41, 5.74) is 0.399. The molecule has 0 heterocycles. The maximum atomic E-state index is 13.2. The Morgan fingerprint density at radius 2 is 1.88 bits per heavy atom. The molecule has 1 rings (SSSR count). The third-order valence-electron chi connectivity index (χ3n) is 3.27. The first-order chi connectivity index (χ1) is 7.67. The number of rotatable bonds is 3. The fourth-order valence-electron chi connectivity index (χ4n) is 1.12. The molecule has 0 unspecified atom stereocenters. The minimum atomic E-state index is -2.04. The highest BCUT2D eigenvalue weighted by Gasteiger charge is 2.39. The number of hydrogen-bond donors (Lipinski definition) is 0. The quantitative estimate of drug-likeness (QED) is 0.601. The first-order valence-corrected chi connectivity index (χ1v) is 8.52. The third-order valence-corrected chi connectivity index (χ3v) is 7.62. The fraction of sp³-hybridized carbons (Fsp3) is 0.462. The Morgan fingerprint density at radius 1 is 1.29 bits per heavy atom. The molecule has 17 heavy (non-hydrogen) atoms. The fourth-order valence-corrected chi connectivity index (χ4v) is 2.15. The Hall–Kier alpha value is -1.16. The number of carbonyl (C=O) groups excluding carboxylic acids is 1. The van der Waals surface area contributed by atoms with Crippen LogP contribution in [0.1, 0.15) is 31.1 Å². The number of halogens is 1. The van der Waals surface area contributed by atoms with Crippen LogP contribution in [-0.4, -0.2) is 14.6 Å². The second-order valence-electron chi connectivity index (χ2n) is 5.66. The summed E-state index contributed by atoms with van der Waals surface area (Å²) in [4.78, 5) is 10.9. The molecule has 0 bridgehead atoms. The summed E-state index contributed by atoms with van der Waals surface area (Å²) in [6.07, 6.45) is 0.696. The molecule has 0 amide bonds. The summed E-state index contributed by atoms with van der Waals surface area (Å²) in [6, 6.07) is 4.00. The van der Waals surface area contributed by atoms with Crippen molar-refractivity contribution in [2.45, 2.75) is 38.9 Å². The summed E-state index contributed by atoms with van der Waals surface area (Å²) >= 11 is 0. The van der Waals surface area contributed by atoms with Crippen LogP contribution in [0.5, 0.6) is 5.75 Å². The first kappa shape index (κ1) is 13.9. The summed E-state index contributed by atoms with van der Waals surface area (Å²) in [7, 11) is -2.04. The van der Waals surface area contributed by atoms with Gasteiger partial charge in [0.1, 0.15) is 11.6 Å². The van der Waals surface area contributed by atoms with Crippen molar-refractivity contribution in [3.8, 4) is 5.75 Å². The normalized spacial score (nSPS) is 12.4. The van der Waals surface area contributed by atoms with Crippen molar-refractivity contribution in [1.82, 2.24) is 0 Å². The molecule has 0 N–H and O–H groups in total. The molecule has 0 aromatic heterocycles. The van der Waals surface area contributed by atoms with E-state index in [-0.39, 0.29) is 10.9 Å². The van der Waals surface area contributed by atoms with E-state index >= 15 is 0 Å². The number of benzene rings is 1. The monoisotopic (exact) mass is 254 g/mol. The Kier molecular flexibility index (Phi) is 3.77. The van der Waals surface area contributed by atoms with Crippen LogP contribution in [-0.2, 0) is 0 Å². The molecule has 1 aromatic rings. The lowest BCUT2D eigenvalue weighted by Crippen LogP contribution is -2.44. The van der Waals surface area contributed by atoms with E-state index in [1.807, 2.05) is 0 Å². The first-order valence-electron chi connectivity index (χ1n) is 5.61. The molecule has 0 aliphatic heterocycles. The van der Waals surface area contributed by atoms with Crippen molar-refractivity contribution in [3.63, 3.8) is 0 Å². The second kappa shape index (κ2) is 4.60. The van der Waals surface area contributed by atoms with E-state index in [4.69, 9.17) is 4.43 Å². The molecule has 0 saturated carbocycles. The van der Waals surface area contributed by atoms with Gasteiger partial charge in [0.25, 0.3) is 8.32 Å². The van der Waals surface area contributed by atoms with Crippen LogP contribution in [0.2, 0.25) is 18.1 Å². The van der Waals surface area contributed by atoms with Crippen molar-refractivity contribution in [2.24, 2.45) is 0 Å². The van der Waals surface area contributed by atoms with Crippen molar-refractivity contribution in [2.75, 3.05) is 0 Å². The van der Waals surface area contributed by atoms with Crippen LogP contribution in [0.4, 0.5) is 4.39 Å². The minimum absolute atomic E-state index is 0.0134. The van der Waals surface area contributed by atoms with E-state index in [0.29, 0.717) is 17.6 Å². The Labute approximate surface area is 103 Å². The van der Waals surface area contributed by atoms with E-state index in [9.17, 15) is 9.18 Å². The molecule has 0 aliphatic carbocycles. The van der Waals surface area contributed by atoms with Crippen LogP contribution < -0.4 is 4.43 Å². The molecule has 0 aliphatic rings. The van der Waals surface area contributed by atoms with Gasteiger partial charge in [-0.3, -0.25) is 4.79 Å². The van der Waals surface area contributed by atoms with Gasteiger partial charge in [-0.15, -0.1) is 0 Å². The van der Waals surface area contributed by atoms with Crippen LogP contribution in [0.3, 0.4) is 0 Å². The zero-order valence-electron chi connectivity index (χ0n) is 11.0. The van der Waals surface area contributed by atoms with Gasteiger partial charge in [0.05, 0.1) is 5.56 Å². The Bertz CT molecular complexity index is 422. The molecular weight excluding hydrogens is 235 g/mol. The third kappa shape index (κ3) is 3.16. The number of hydrogen-bond acceptors (Lipinski definition) is 2. The lowest BCUT2D eigenvalue weighted by atomic mass is 10.2. The lowest BCUT2D eigenvalue weighted by Gasteiger charge is -2.36.